The SMILES string of the molecule is O=C1N(c2cc(Cl)cc(Cl)c2)C(=O)C2(Cc3ccc(Br)cc3)Cc3ccccc3CN12. The summed E-state index contributed by atoms with van der Waals surface area (Å²) in [5, 5.41) is 0.747. The first-order valence-corrected chi connectivity index (χ1v) is 11.4. The highest BCUT2D eigenvalue weighted by Crippen LogP contribution is 2.43. The molecule has 31 heavy (non-hydrogen) atoms. The number of carbonyl (C=O) groups excluding carboxylic acids is 2. The number of urea groups is 1. The van der Waals surface area contributed by atoms with Gasteiger partial charge < -0.3 is 4.90 Å². The number of halogens is 3. The molecule has 7 heteroatoms. The average Bonchev–Trinajstić information content (AvgIpc) is 2.94. The van der Waals surface area contributed by atoms with Crippen LogP contribution in [0.25, 0.3) is 0 Å². The zero-order valence-electron chi connectivity index (χ0n) is 16.3. The summed E-state index contributed by atoms with van der Waals surface area (Å²) in [5.41, 5.74) is 2.51. The Kier molecular flexibility index (Phi) is 5.08. The number of hydrogen-bond donors (Lipinski definition) is 0. The lowest BCUT2D eigenvalue weighted by Gasteiger charge is -2.40. The maximum Gasteiger partial charge on any atom is 0.332 e. The Labute approximate surface area is 198 Å². The van der Waals surface area contributed by atoms with Crippen LogP contribution in [0.3, 0.4) is 0 Å². The molecule has 0 saturated carbocycles. The topological polar surface area (TPSA) is 40.6 Å². The molecule has 3 amide bonds. The van der Waals surface area contributed by atoms with Crippen molar-refractivity contribution in [2.75, 3.05) is 4.90 Å². The van der Waals surface area contributed by atoms with Crippen LogP contribution in [0.1, 0.15) is 16.7 Å². The molecular formula is C24H17BrCl2N2O2. The molecule has 2 aliphatic heterocycles. The fourth-order valence-corrected chi connectivity index (χ4v) is 5.32. The monoisotopic (exact) mass is 514 g/mol. The van der Waals surface area contributed by atoms with Crippen molar-refractivity contribution in [2.45, 2.75) is 24.9 Å². The fraction of sp³-hybridized carbons (Fsp3) is 0.167. The van der Waals surface area contributed by atoms with E-state index < -0.39 is 5.54 Å². The van der Waals surface area contributed by atoms with Crippen molar-refractivity contribution in [1.29, 1.82) is 0 Å². The molecule has 0 radical (unpaired) electrons. The van der Waals surface area contributed by atoms with Crippen LogP contribution in [0.15, 0.2) is 71.2 Å². The largest absolute Gasteiger partial charge is 0.332 e. The summed E-state index contributed by atoms with van der Waals surface area (Å²) in [4.78, 5) is 30.4. The van der Waals surface area contributed by atoms with Gasteiger partial charge in [-0.05, 0) is 47.0 Å². The van der Waals surface area contributed by atoms with Gasteiger partial charge in [-0.2, -0.15) is 0 Å². The molecule has 0 N–H and O–H groups in total. The smallest absolute Gasteiger partial charge is 0.304 e. The lowest BCUT2D eigenvalue weighted by Crippen LogP contribution is -2.55. The molecule has 2 heterocycles. The lowest BCUT2D eigenvalue weighted by atomic mass is 9.79. The lowest BCUT2D eigenvalue weighted by molar-refractivity contribution is -0.125. The summed E-state index contributed by atoms with van der Waals surface area (Å²) in [6.45, 7) is 0.377. The molecule has 3 aromatic rings. The summed E-state index contributed by atoms with van der Waals surface area (Å²) in [6.07, 6.45) is 0.874. The van der Waals surface area contributed by atoms with Gasteiger partial charge in [0.25, 0.3) is 5.91 Å². The number of anilines is 1. The van der Waals surface area contributed by atoms with Gasteiger partial charge in [0.2, 0.25) is 0 Å². The Morgan fingerprint density at radius 2 is 1.55 bits per heavy atom. The maximum absolute atomic E-state index is 13.9. The van der Waals surface area contributed by atoms with Gasteiger partial charge in [-0.1, -0.05) is 75.5 Å². The van der Waals surface area contributed by atoms with E-state index in [4.69, 9.17) is 23.2 Å². The van der Waals surface area contributed by atoms with Crippen LogP contribution in [0.2, 0.25) is 10.0 Å². The average molecular weight is 516 g/mol. The fourth-order valence-electron chi connectivity index (χ4n) is 4.54. The highest BCUT2D eigenvalue weighted by molar-refractivity contribution is 9.10. The first-order valence-electron chi connectivity index (χ1n) is 9.81. The van der Waals surface area contributed by atoms with E-state index in [0.717, 1.165) is 21.2 Å². The predicted octanol–water partition coefficient (Wildman–Crippen LogP) is 6.26. The maximum atomic E-state index is 13.9. The zero-order chi connectivity index (χ0) is 21.8. The highest BCUT2D eigenvalue weighted by atomic mass is 79.9. The minimum atomic E-state index is -1.01. The summed E-state index contributed by atoms with van der Waals surface area (Å²) in [7, 11) is 0. The van der Waals surface area contributed by atoms with Gasteiger partial charge in [-0.15, -0.1) is 0 Å². The summed E-state index contributed by atoms with van der Waals surface area (Å²) < 4.78 is 0.962. The van der Waals surface area contributed by atoms with Gasteiger partial charge in [-0.25, -0.2) is 9.69 Å². The van der Waals surface area contributed by atoms with E-state index in [1.165, 1.54) is 4.90 Å². The second-order valence-electron chi connectivity index (χ2n) is 7.92. The van der Waals surface area contributed by atoms with Gasteiger partial charge in [0.05, 0.1) is 5.69 Å². The van der Waals surface area contributed by atoms with E-state index in [1.54, 1.807) is 23.1 Å². The number of carbonyl (C=O) groups is 2. The summed E-state index contributed by atoms with van der Waals surface area (Å²) in [6, 6.07) is 20.3. The van der Waals surface area contributed by atoms with Gasteiger partial charge >= 0.3 is 6.03 Å². The number of hydrogen-bond acceptors (Lipinski definition) is 2. The van der Waals surface area contributed by atoms with E-state index in [0.29, 0.717) is 35.1 Å². The Morgan fingerprint density at radius 1 is 0.903 bits per heavy atom. The van der Waals surface area contributed by atoms with Crippen LogP contribution in [-0.4, -0.2) is 22.4 Å². The quantitative estimate of drug-likeness (QED) is 0.386. The Bertz CT molecular complexity index is 1190. The van der Waals surface area contributed by atoms with Crippen molar-refractivity contribution in [3.05, 3.63) is 97.9 Å². The second kappa shape index (κ2) is 7.66. The van der Waals surface area contributed by atoms with Crippen LogP contribution in [0.4, 0.5) is 10.5 Å². The number of benzene rings is 3. The number of amides is 3. The Hall–Kier alpha value is -2.34. The minimum Gasteiger partial charge on any atom is -0.304 e. The molecule has 1 saturated heterocycles. The molecule has 0 aliphatic carbocycles. The molecular weight excluding hydrogens is 499 g/mol. The molecule has 5 rings (SSSR count). The van der Waals surface area contributed by atoms with Crippen molar-refractivity contribution in [3.8, 4) is 0 Å². The third-order valence-electron chi connectivity index (χ3n) is 5.99. The van der Waals surface area contributed by atoms with Crippen molar-refractivity contribution in [3.63, 3.8) is 0 Å². The molecule has 1 unspecified atom stereocenters. The molecule has 1 fully saturated rings. The molecule has 4 nitrogen and oxygen atoms in total. The molecule has 0 aromatic heterocycles. The highest BCUT2D eigenvalue weighted by Gasteiger charge is 2.59. The van der Waals surface area contributed by atoms with Gasteiger partial charge in [0, 0.05) is 33.9 Å². The van der Waals surface area contributed by atoms with Crippen molar-refractivity contribution in [2.24, 2.45) is 0 Å². The molecule has 0 bridgehead atoms. The van der Waals surface area contributed by atoms with Crippen molar-refractivity contribution in [1.82, 2.24) is 4.90 Å². The van der Waals surface area contributed by atoms with Gasteiger partial charge in [-0.3, -0.25) is 4.79 Å². The van der Waals surface area contributed by atoms with Crippen molar-refractivity contribution >= 4 is 56.8 Å². The number of nitrogens with zero attached hydrogens (tertiary/aromatic N) is 2. The minimum absolute atomic E-state index is 0.256. The number of imide groups is 1. The standard InChI is InChI=1S/C24H17BrCl2N2O2/c25-18-7-5-15(6-8-18)12-24-13-16-3-1-2-4-17(16)14-28(24)23(31)29(22(24)30)21-10-19(26)9-20(27)11-21/h1-11H,12-14H2. The molecule has 1 atom stereocenters. The van der Waals surface area contributed by atoms with E-state index >= 15 is 0 Å². The summed E-state index contributed by atoms with van der Waals surface area (Å²) in [5.74, 6) is -0.256. The van der Waals surface area contributed by atoms with Crippen molar-refractivity contribution < 1.29 is 9.59 Å². The molecule has 3 aromatic carbocycles. The van der Waals surface area contributed by atoms with Crippen LogP contribution in [0, 0.1) is 0 Å². The Balaban J connectivity index is 1.64. The van der Waals surface area contributed by atoms with E-state index in [2.05, 4.69) is 15.9 Å². The van der Waals surface area contributed by atoms with Gasteiger partial charge in [0.1, 0.15) is 5.54 Å². The van der Waals surface area contributed by atoms with Crippen LogP contribution in [-0.2, 0) is 24.2 Å². The molecule has 156 valence electrons. The molecule has 0 spiro atoms. The van der Waals surface area contributed by atoms with Crippen LogP contribution in [0.5, 0.6) is 0 Å². The second-order valence-corrected chi connectivity index (χ2v) is 9.71. The van der Waals surface area contributed by atoms with Gasteiger partial charge in [0.15, 0.2) is 0 Å². The van der Waals surface area contributed by atoms with E-state index in [1.807, 2.05) is 48.5 Å². The first kappa shape index (κ1) is 20.6. The first-order chi connectivity index (χ1) is 14.9. The Morgan fingerprint density at radius 3 is 2.23 bits per heavy atom. The van der Waals surface area contributed by atoms with E-state index in [-0.39, 0.29) is 11.9 Å². The number of fused-ring (bicyclic) bond motifs is 2. The predicted molar refractivity (Wildman–Crippen MR) is 126 cm³/mol. The van der Waals surface area contributed by atoms with Crippen LogP contribution < -0.4 is 4.90 Å². The normalized spacial score (nSPS) is 20.1. The zero-order valence-corrected chi connectivity index (χ0v) is 19.4. The third-order valence-corrected chi connectivity index (χ3v) is 6.95. The number of rotatable bonds is 3. The third kappa shape index (κ3) is 3.45. The molecule has 2 aliphatic rings. The van der Waals surface area contributed by atoms with Crippen LogP contribution >= 0.6 is 39.1 Å². The van der Waals surface area contributed by atoms with E-state index in [9.17, 15) is 9.59 Å². The summed E-state index contributed by atoms with van der Waals surface area (Å²) >= 11 is 15.8.